The Hall–Kier alpha value is -3.61. The predicted molar refractivity (Wildman–Crippen MR) is 90.6 cm³/mol. The average Bonchev–Trinajstić information content (AvgIpc) is 3.07. The molecular formula is C18H14N2O5. The van der Waals surface area contributed by atoms with Crippen LogP contribution in [0.4, 0.5) is 5.69 Å². The fourth-order valence-corrected chi connectivity index (χ4v) is 2.18. The van der Waals surface area contributed by atoms with Crippen LogP contribution in [0.1, 0.15) is 15.9 Å². The van der Waals surface area contributed by atoms with Gasteiger partial charge in [0, 0.05) is 12.3 Å². The van der Waals surface area contributed by atoms with E-state index >= 15 is 0 Å². The van der Waals surface area contributed by atoms with Gasteiger partial charge in [0.25, 0.3) is 0 Å². The largest absolute Gasteiger partial charge is 0.478 e. The van der Waals surface area contributed by atoms with Gasteiger partial charge < -0.3 is 19.9 Å². The minimum atomic E-state index is -1.13. The number of nitrogens with one attached hydrogen (secondary N) is 1. The van der Waals surface area contributed by atoms with Gasteiger partial charge in [0.05, 0.1) is 17.4 Å². The summed E-state index contributed by atoms with van der Waals surface area (Å²) in [6.45, 7) is 0.218. The van der Waals surface area contributed by atoms with Crippen LogP contribution in [0.15, 0.2) is 54.9 Å². The first-order valence-corrected chi connectivity index (χ1v) is 7.36. The number of aromatic carboxylic acids is 1. The van der Waals surface area contributed by atoms with Crippen LogP contribution < -0.4 is 14.8 Å². The van der Waals surface area contributed by atoms with Gasteiger partial charge in [-0.3, -0.25) is 9.78 Å². The lowest BCUT2D eigenvalue weighted by Crippen LogP contribution is -2.12. The van der Waals surface area contributed by atoms with Crippen LogP contribution >= 0.6 is 0 Å². The van der Waals surface area contributed by atoms with Crippen LogP contribution in [0.25, 0.3) is 6.08 Å². The molecule has 0 atom stereocenters. The number of amides is 1. The molecule has 3 rings (SSSR count). The monoisotopic (exact) mass is 338 g/mol. The number of allylic oxidation sites excluding steroid dienone is 2. The second-order valence-corrected chi connectivity index (χ2v) is 5.05. The number of carbonyl (C=O) groups excluding carboxylic acids is 1. The fourth-order valence-electron chi connectivity index (χ4n) is 2.18. The second kappa shape index (κ2) is 7.31. The number of hydrogen-bond acceptors (Lipinski definition) is 5. The zero-order chi connectivity index (χ0) is 17.6. The molecule has 0 bridgehead atoms. The molecule has 1 aromatic carbocycles. The Labute approximate surface area is 143 Å². The molecule has 0 fully saturated rings. The van der Waals surface area contributed by atoms with Gasteiger partial charge in [0.1, 0.15) is 0 Å². The number of rotatable bonds is 5. The number of carboxylic acid groups (broad SMARTS) is 1. The van der Waals surface area contributed by atoms with Crippen molar-refractivity contribution < 1.29 is 24.2 Å². The maximum absolute atomic E-state index is 11.9. The molecule has 0 spiro atoms. The summed E-state index contributed by atoms with van der Waals surface area (Å²) in [4.78, 5) is 26.7. The molecule has 1 aliphatic heterocycles. The van der Waals surface area contributed by atoms with Gasteiger partial charge in [0.15, 0.2) is 11.5 Å². The molecule has 2 N–H and O–H groups in total. The Morgan fingerprint density at radius 2 is 2.00 bits per heavy atom. The Kier molecular flexibility index (Phi) is 4.75. The molecule has 2 heterocycles. The van der Waals surface area contributed by atoms with Crippen molar-refractivity contribution in [2.75, 3.05) is 12.1 Å². The highest BCUT2D eigenvalue weighted by molar-refractivity contribution is 6.04. The Bertz CT molecular complexity index is 874. The molecule has 7 nitrogen and oxygen atoms in total. The Balaban J connectivity index is 1.61. The zero-order valence-electron chi connectivity index (χ0n) is 13.0. The molecule has 0 saturated carbocycles. The number of nitrogens with zero attached hydrogens (tertiary/aromatic N) is 1. The van der Waals surface area contributed by atoms with Crippen LogP contribution in [-0.2, 0) is 4.79 Å². The highest BCUT2D eigenvalue weighted by Gasteiger charge is 2.12. The quantitative estimate of drug-likeness (QED) is 0.642. The van der Waals surface area contributed by atoms with E-state index in [0.29, 0.717) is 11.5 Å². The van der Waals surface area contributed by atoms with Gasteiger partial charge in [-0.1, -0.05) is 24.3 Å². The molecule has 126 valence electrons. The topological polar surface area (TPSA) is 97.8 Å². The van der Waals surface area contributed by atoms with Crippen LogP contribution in [0.2, 0.25) is 0 Å². The first-order chi connectivity index (χ1) is 12.1. The van der Waals surface area contributed by atoms with Crippen LogP contribution in [0, 0.1) is 0 Å². The van der Waals surface area contributed by atoms with Crippen molar-refractivity contribution in [3.8, 4) is 11.5 Å². The van der Waals surface area contributed by atoms with Crippen LogP contribution in [0.5, 0.6) is 11.5 Å². The van der Waals surface area contributed by atoms with Gasteiger partial charge in [-0.05, 0) is 23.8 Å². The third kappa shape index (κ3) is 4.03. The molecular weight excluding hydrogens is 324 g/mol. The second-order valence-electron chi connectivity index (χ2n) is 5.05. The number of aromatic nitrogens is 1. The zero-order valence-corrected chi connectivity index (χ0v) is 13.0. The minimum absolute atomic E-state index is 0.0207. The number of carbonyl (C=O) groups is 2. The van der Waals surface area contributed by atoms with E-state index in [-0.39, 0.29) is 18.0 Å². The first-order valence-electron chi connectivity index (χ1n) is 7.36. The van der Waals surface area contributed by atoms with E-state index in [9.17, 15) is 9.59 Å². The summed E-state index contributed by atoms with van der Waals surface area (Å²) in [6.07, 6.45) is 8.98. The minimum Gasteiger partial charge on any atom is -0.478 e. The summed E-state index contributed by atoms with van der Waals surface area (Å²) < 4.78 is 10.5. The number of pyridine rings is 1. The SMILES string of the molecule is O=C(C=CC=Cc1ccc2c(c1)OCO2)Nc1cnccc1C(=O)O. The molecule has 0 aliphatic carbocycles. The maximum Gasteiger partial charge on any atom is 0.337 e. The highest BCUT2D eigenvalue weighted by atomic mass is 16.7. The summed E-state index contributed by atoms with van der Waals surface area (Å²) in [5.41, 5.74) is 1.02. The summed E-state index contributed by atoms with van der Waals surface area (Å²) in [6, 6.07) is 6.84. The molecule has 0 radical (unpaired) electrons. The molecule has 0 unspecified atom stereocenters. The van der Waals surface area contributed by atoms with E-state index in [1.165, 1.54) is 24.5 Å². The van der Waals surface area contributed by atoms with Crippen molar-refractivity contribution in [3.05, 3.63) is 66.0 Å². The molecule has 2 aromatic rings. The third-order valence-corrected chi connectivity index (χ3v) is 3.35. The van der Waals surface area contributed by atoms with Crippen molar-refractivity contribution in [2.24, 2.45) is 0 Å². The summed E-state index contributed by atoms with van der Waals surface area (Å²) in [5, 5.41) is 11.5. The van der Waals surface area contributed by atoms with Crippen molar-refractivity contribution in [2.45, 2.75) is 0 Å². The molecule has 7 heteroatoms. The Morgan fingerprint density at radius 3 is 2.84 bits per heavy atom. The van der Waals surface area contributed by atoms with Crippen molar-refractivity contribution in [3.63, 3.8) is 0 Å². The third-order valence-electron chi connectivity index (χ3n) is 3.35. The predicted octanol–water partition coefficient (Wildman–Crippen LogP) is 2.72. The molecule has 25 heavy (non-hydrogen) atoms. The first kappa shape index (κ1) is 16.3. The number of carboxylic acids is 1. The lowest BCUT2D eigenvalue weighted by Gasteiger charge is -2.04. The van der Waals surface area contributed by atoms with Crippen LogP contribution in [-0.4, -0.2) is 28.8 Å². The summed E-state index contributed by atoms with van der Waals surface area (Å²) in [5.74, 6) is -0.199. The molecule has 1 aromatic heterocycles. The van der Waals surface area contributed by atoms with E-state index in [2.05, 4.69) is 10.3 Å². The molecule has 1 amide bonds. The van der Waals surface area contributed by atoms with E-state index < -0.39 is 11.9 Å². The number of fused-ring (bicyclic) bond motifs is 1. The molecule has 0 saturated heterocycles. The maximum atomic E-state index is 11.9. The summed E-state index contributed by atoms with van der Waals surface area (Å²) >= 11 is 0. The standard InChI is InChI=1S/C18H14N2O5/c21-17(20-14-10-19-8-7-13(14)18(22)23)4-2-1-3-12-5-6-15-16(9-12)25-11-24-15/h1-10H,11H2,(H,20,21)(H,22,23). The van der Waals surface area contributed by atoms with E-state index in [0.717, 1.165) is 5.56 Å². The van der Waals surface area contributed by atoms with E-state index in [4.69, 9.17) is 14.6 Å². The number of hydrogen-bond donors (Lipinski definition) is 2. The normalized spacial score (nSPS) is 12.6. The van der Waals surface area contributed by atoms with Crippen LogP contribution in [0.3, 0.4) is 0 Å². The average molecular weight is 338 g/mol. The summed E-state index contributed by atoms with van der Waals surface area (Å²) in [7, 11) is 0. The molecule has 1 aliphatic rings. The lowest BCUT2D eigenvalue weighted by atomic mass is 10.2. The Morgan fingerprint density at radius 1 is 1.16 bits per heavy atom. The fraction of sp³-hybridized carbons (Fsp3) is 0.0556. The van der Waals surface area contributed by atoms with Gasteiger partial charge in [-0.2, -0.15) is 0 Å². The number of benzene rings is 1. The van der Waals surface area contributed by atoms with E-state index in [1.54, 1.807) is 18.2 Å². The van der Waals surface area contributed by atoms with Gasteiger partial charge >= 0.3 is 5.97 Å². The van der Waals surface area contributed by atoms with E-state index in [1.807, 2.05) is 18.2 Å². The van der Waals surface area contributed by atoms with Crippen molar-refractivity contribution in [1.29, 1.82) is 0 Å². The van der Waals surface area contributed by atoms with Gasteiger partial charge in [-0.15, -0.1) is 0 Å². The van der Waals surface area contributed by atoms with Crippen molar-refractivity contribution in [1.82, 2.24) is 4.98 Å². The highest BCUT2D eigenvalue weighted by Crippen LogP contribution is 2.32. The van der Waals surface area contributed by atoms with Gasteiger partial charge in [-0.25, -0.2) is 4.79 Å². The smallest absolute Gasteiger partial charge is 0.337 e. The number of ether oxygens (including phenoxy) is 2. The van der Waals surface area contributed by atoms with Gasteiger partial charge in [0.2, 0.25) is 12.7 Å². The number of anilines is 1. The van der Waals surface area contributed by atoms with Crippen molar-refractivity contribution >= 4 is 23.6 Å². The lowest BCUT2D eigenvalue weighted by molar-refractivity contribution is -0.111.